The van der Waals surface area contributed by atoms with Gasteiger partial charge in [-0.25, -0.2) is 9.97 Å². The van der Waals surface area contributed by atoms with Crippen LogP contribution in [-0.2, 0) is 0 Å². The number of thiocarbonyl (C=S) groups is 1. The summed E-state index contributed by atoms with van der Waals surface area (Å²) in [6.07, 6.45) is 3.60. The molecular weight excluding hydrogens is 256 g/mol. The molecule has 3 atom stereocenters. The predicted octanol–water partition coefficient (Wildman–Crippen LogP) is 2.66. The van der Waals surface area contributed by atoms with Gasteiger partial charge in [-0.15, -0.1) is 0 Å². The average Bonchev–Trinajstić information content (AvgIpc) is 2.33. The number of hydrogen-bond acceptors (Lipinski definition) is 4. The Kier molecular flexibility index (Phi) is 4.34. The number of nitrogens with one attached hydrogen (secondary N) is 1. The molecule has 0 spiro atoms. The van der Waals surface area contributed by atoms with Crippen molar-refractivity contribution in [1.29, 1.82) is 0 Å². The summed E-state index contributed by atoms with van der Waals surface area (Å²) in [5, 5.41) is 3.43. The molecule has 1 fully saturated rings. The first-order valence-corrected chi connectivity index (χ1v) is 7.28. The third-order valence-corrected chi connectivity index (χ3v) is 4.25. The van der Waals surface area contributed by atoms with Crippen molar-refractivity contribution in [3.05, 3.63) is 17.5 Å². The van der Waals surface area contributed by atoms with Crippen LogP contribution in [0, 0.1) is 18.8 Å². The highest BCUT2D eigenvalue weighted by Gasteiger charge is 2.24. The number of nitrogens with zero attached hydrogens (tertiary/aromatic N) is 2. The zero-order chi connectivity index (χ0) is 14.0. The Bertz CT molecular complexity index is 475. The van der Waals surface area contributed by atoms with Crippen LogP contribution >= 0.6 is 12.2 Å². The SMILES string of the molecule is Cc1cc(C(N)=S)nc(NC2CCC(C)C(C)C2)n1. The van der Waals surface area contributed by atoms with Gasteiger partial charge in [-0.2, -0.15) is 0 Å². The van der Waals surface area contributed by atoms with Gasteiger partial charge >= 0.3 is 0 Å². The second-order valence-corrected chi connectivity index (χ2v) is 6.13. The van der Waals surface area contributed by atoms with E-state index >= 15 is 0 Å². The van der Waals surface area contributed by atoms with Gasteiger partial charge in [-0.3, -0.25) is 0 Å². The molecule has 1 aliphatic carbocycles. The van der Waals surface area contributed by atoms with Crippen LogP contribution in [0.5, 0.6) is 0 Å². The molecule has 1 aromatic heterocycles. The first-order chi connectivity index (χ1) is 8.95. The summed E-state index contributed by atoms with van der Waals surface area (Å²) in [6.45, 7) is 6.57. The van der Waals surface area contributed by atoms with E-state index < -0.39 is 0 Å². The lowest BCUT2D eigenvalue weighted by molar-refractivity contribution is 0.260. The van der Waals surface area contributed by atoms with E-state index in [0.717, 1.165) is 17.5 Å². The second-order valence-electron chi connectivity index (χ2n) is 5.69. The van der Waals surface area contributed by atoms with E-state index in [1.54, 1.807) is 0 Å². The Morgan fingerprint density at radius 2 is 2.05 bits per heavy atom. The fraction of sp³-hybridized carbons (Fsp3) is 0.643. The Morgan fingerprint density at radius 3 is 2.68 bits per heavy atom. The van der Waals surface area contributed by atoms with Gasteiger partial charge in [-0.1, -0.05) is 26.1 Å². The topological polar surface area (TPSA) is 63.8 Å². The van der Waals surface area contributed by atoms with Crippen LogP contribution < -0.4 is 11.1 Å². The fourth-order valence-electron chi connectivity index (χ4n) is 2.62. The summed E-state index contributed by atoms with van der Waals surface area (Å²) < 4.78 is 0. The molecule has 3 N–H and O–H groups in total. The van der Waals surface area contributed by atoms with E-state index in [0.29, 0.717) is 22.7 Å². The number of aromatic nitrogens is 2. The predicted molar refractivity (Wildman–Crippen MR) is 82.2 cm³/mol. The van der Waals surface area contributed by atoms with Crippen molar-refractivity contribution in [2.45, 2.75) is 46.1 Å². The smallest absolute Gasteiger partial charge is 0.223 e. The molecule has 2 rings (SSSR count). The molecule has 0 amide bonds. The number of aryl methyl sites for hydroxylation is 1. The van der Waals surface area contributed by atoms with Crippen molar-refractivity contribution < 1.29 is 0 Å². The number of anilines is 1. The highest BCUT2D eigenvalue weighted by Crippen LogP contribution is 2.30. The summed E-state index contributed by atoms with van der Waals surface area (Å²) in [5.74, 6) is 2.20. The van der Waals surface area contributed by atoms with Gasteiger partial charge < -0.3 is 11.1 Å². The summed E-state index contributed by atoms with van der Waals surface area (Å²) in [5.41, 5.74) is 7.17. The van der Waals surface area contributed by atoms with Crippen LogP contribution in [0.2, 0.25) is 0 Å². The molecule has 1 heterocycles. The van der Waals surface area contributed by atoms with Crippen molar-refractivity contribution in [1.82, 2.24) is 9.97 Å². The normalized spacial score (nSPS) is 27.0. The molecule has 1 aromatic rings. The van der Waals surface area contributed by atoms with E-state index in [9.17, 15) is 0 Å². The molecule has 104 valence electrons. The zero-order valence-electron chi connectivity index (χ0n) is 11.8. The lowest BCUT2D eigenvalue weighted by Crippen LogP contribution is -2.31. The van der Waals surface area contributed by atoms with Gasteiger partial charge in [0, 0.05) is 11.7 Å². The van der Waals surface area contributed by atoms with Crippen LogP contribution in [0.3, 0.4) is 0 Å². The largest absolute Gasteiger partial charge is 0.388 e. The van der Waals surface area contributed by atoms with E-state index in [-0.39, 0.29) is 0 Å². The molecule has 0 aromatic carbocycles. The quantitative estimate of drug-likeness (QED) is 0.832. The molecule has 0 radical (unpaired) electrons. The number of rotatable bonds is 3. The highest BCUT2D eigenvalue weighted by atomic mass is 32.1. The van der Waals surface area contributed by atoms with Crippen molar-refractivity contribution in [3.8, 4) is 0 Å². The van der Waals surface area contributed by atoms with Crippen LogP contribution in [0.25, 0.3) is 0 Å². The molecule has 0 bridgehead atoms. The maximum absolute atomic E-state index is 5.64. The monoisotopic (exact) mass is 278 g/mol. The van der Waals surface area contributed by atoms with Gasteiger partial charge in [0.25, 0.3) is 0 Å². The van der Waals surface area contributed by atoms with Gasteiger partial charge in [0.05, 0.1) is 0 Å². The van der Waals surface area contributed by atoms with Crippen LogP contribution in [0.1, 0.15) is 44.5 Å². The molecule has 5 heteroatoms. The maximum Gasteiger partial charge on any atom is 0.223 e. The molecule has 19 heavy (non-hydrogen) atoms. The Labute approximate surface area is 120 Å². The minimum atomic E-state index is 0.319. The average molecular weight is 278 g/mol. The molecule has 1 saturated carbocycles. The number of nitrogens with two attached hydrogens (primary N) is 1. The van der Waals surface area contributed by atoms with Crippen molar-refractivity contribution >= 4 is 23.2 Å². The molecule has 0 aliphatic heterocycles. The first-order valence-electron chi connectivity index (χ1n) is 6.87. The Morgan fingerprint density at radius 1 is 1.32 bits per heavy atom. The summed E-state index contributed by atoms with van der Waals surface area (Å²) in [4.78, 5) is 9.12. The van der Waals surface area contributed by atoms with Crippen LogP contribution in [-0.4, -0.2) is 21.0 Å². The standard InChI is InChI=1S/C14H22N4S/c1-8-4-5-11(6-9(8)2)17-14-16-10(3)7-12(18-14)13(15)19/h7-9,11H,4-6H2,1-3H3,(H2,15,19)(H,16,17,18). The lowest BCUT2D eigenvalue weighted by atomic mass is 9.79. The van der Waals surface area contributed by atoms with Gasteiger partial charge in [0.2, 0.25) is 5.95 Å². The summed E-state index contributed by atoms with van der Waals surface area (Å²) >= 11 is 4.98. The van der Waals surface area contributed by atoms with E-state index in [1.165, 1.54) is 19.3 Å². The van der Waals surface area contributed by atoms with E-state index in [4.69, 9.17) is 18.0 Å². The van der Waals surface area contributed by atoms with Crippen molar-refractivity contribution in [2.24, 2.45) is 17.6 Å². The second kappa shape index (κ2) is 5.82. The van der Waals surface area contributed by atoms with Gasteiger partial charge in [-0.05, 0) is 44.1 Å². The minimum Gasteiger partial charge on any atom is -0.388 e. The number of hydrogen-bond donors (Lipinski definition) is 2. The van der Waals surface area contributed by atoms with Crippen molar-refractivity contribution in [3.63, 3.8) is 0 Å². The third-order valence-electron chi connectivity index (χ3n) is 4.04. The lowest BCUT2D eigenvalue weighted by Gasteiger charge is -2.32. The molecular formula is C14H22N4S. The molecule has 0 saturated heterocycles. The maximum atomic E-state index is 5.64. The minimum absolute atomic E-state index is 0.319. The molecule has 1 aliphatic rings. The van der Waals surface area contributed by atoms with Gasteiger partial charge in [0.15, 0.2) is 0 Å². The summed E-state index contributed by atoms with van der Waals surface area (Å²) in [7, 11) is 0. The van der Waals surface area contributed by atoms with Crippen LogP contribution in [0.15, 0.2) is 6.07 Å². The highest BCUT2D eigenvalue weighted by molar-refractivity contribution is 7.80. The van der Waals surface area contributed by atoms with E-state index in [2.05, 4.69) is 29.1 Å². The Balaban J connectivity index is 2.09. The van der Waals surface area contributed by atoms with E-state index in [1.807, 2.05) is 13.0 Å². The summed E-state index contributed by atoms with van der Waals surface area (Å²) in [6, 6.07) is 2.27. The fourth-order valence-corrected chi connectivity index (χ4v) is 2.73. The van der Waals surface area contributed by atoms with Gasteiger partial charge in [0.1, 0.15) is 10.7 Å². The zero-order valence-corrected chi connectivity index (χ0v) is 12.6. The molecule has 4 nitrogen and oxygen atoms in total. The third kappa shape index (κ3) is 3.62. The van der Waals surface area contributed by atoms with Crippen molar-refractivity contribution in [2.75, 3.05) is 5.32 Å². The first kappa shape index (κ1) is 14.2. The Hall–Kier alpha value is -1.23. The van der Waals surface area contributed by atoms with Crippen LogP contribution in [0.4, 0.5) is 5.95 Å². The molecule has 3 unspecified atom stereocenters.